The number of nitrogens with one attached hydrogen (secondary N) is 1. The SMILES string of the molecule is COc1ccc(OC(F)F)c(CN=C(N)Nc2ccc(OC(F)(F)F)cc2)c1. The van der Waals surface area contributed by atoms with Gasteiger partial charge in [0.15, 0.2) is 5.96 Å². The van der Waals surface area contributed by atoms with Gasteiger partial charge in [-0.15, -0.1) is 13.2 Å². The third-order valence-electron chi connectivity index (χ3n) is 3.26. The number of guanidine groups is 1. The fourth-order valence-electron chi connectivity index (χ4n) is 2.11. The number of nitrogens with two attached hydrogens (primary N) is 1. The summed E-state index contributed by atoms with van der Waals surface area (Å²) in [6.07, 6.45) is -4.79. The Kier molecular flexibility index (Phi) is 6.85. The van der Waals surface area contributed by atoms with Crippen LogP contribution in [-0.4, -0.2) is 26.0 Å². The van der Waals surface area contributed by atoms with E-state index < -0.39 is 18.7 Å². The van der Waals surface area contributed by atoms with Gasteiger partial charge < -0.3 is 25.3 Å². The van der Waals surface area contributed by atoms with Crippen LogP contribution in [0.25, 0.3) is 0 Å². The van der Waals surface area contributed by atoms with E-state index in [9.17, 15) is 22.0 Å². The maximum absolute atomic E-state index is 12.5. The van der Waals surface area contributed by atoms with Gasteiger partial charge in [0.25, 0.3) is 0 Å². The number of hydrogen-bond donors (Lipinski definition) is 2. The lowest BCUT2D eigenvalue weighted by atomic mass is 10.2. The fourth-order valence-corrected chi connectivity index (χ4v) is 2.11. The number of methoxy groups -OCH3 is 1. The Hall–Kier alpha value is -3.24. The molecule has 2 aromatic rings. The van der Waals surface area contributed by atoms with Gasteiger partial charge in [0, 0.05) is 11.3 Å². The van der Waals surface area contributed by atoms with Gasteiger partial charge in [0.1, 0.15) is 17.2 Å². The van der Waals surface area contributed by atoms with E-state index >= 15 is 0 Å². The van der Waals surface area contributed by atoms with E-state index in [2.05, 4.69) is 19.8 Å². The number of hydrogen-bond acceptors (Lipinski definition) is 4. The van der Waals surface area contributed by atoms with Crippen LogP contribution in [0, 0.1) is 0 Å². The molecule has 0 radical (unpaired) electrons. The summed E-state index contributed by atoms with van der Waals surface area (Å²) in [7, 11) is 1.41. The first-order chi connectivity index (χ1) is 13.2. The minimum atomic E-state index is -4.79. The van der Waals surface area contributed by atoms with Crippen molar-refractivity contribution in [3.05, 3.63) is 48.0 Å². The van der Waals surface area contributed by atoms with Crippen molar-refractivity contribution in [2.75, 3.05) is 12.4 Å². The van der Waals surface area contributed by atoms with Crippen molar-refractivity contribution >= 4 is 11.6 Å². The largest absolute Gasteiger partial charge is 0.573 e. The van der Waals surface area contributed by atoms with Crippen molar-refractivity contribution in [1.29, 1.82) is 0 Å². The molecule has 0 unspecified atom stereocenters. The van der Waals surface area contributed by atoms with Crippen LogP contribution in [0.1, 0.15) is 5.56 Å². The second kappa shape index (κ2) is 9.11. The topological polar surface area (TPSA) is 78.1 Å². The van der Waals surface area contributed by atoms with Gasteiger partial charge in [0.2, 0.25) is 0 Å². The zero-order chi connectivity index (χ0) is 20.7. The van der Waals surface area contributed by atoms with Crippen molar-refractivity contribution in [1.82, 2.24) is 0 Å². The molecule has 0 aliphatic heterocycles. The second-order valence-electron chi connectivity index (χ2n) is 5.25. The maximum atomic E-state index is 12.5. The maximum Gasteiger partial charge on any atom is 0.573 e. The minimum Gasteiger partial charge on any atom is -0.497 e. The quantitative estimate of drug-likeness (QED) is 0.412. The molecule has 0 amide bonds. The molecule has 0 heterocycles. The lowest BCUT2D eigenvalue weighted by Crippen LogP contribution is -2.22. The summed E-state index contributed by atoms with van der Waals surface area (Å²) in [5.74, 6) is -0.145. The molecule has 2 rings (SSSR count). The average molecular weight is 405 g/mol. The third-order valence-corrected chi connectivity index (χ3v) is 3.26. The summed E-state index contributed by atoms with van der Waals surface area (Å²) in [5.41, 5.74) is 6.38. The number of nitrogens with zero attached hydrogens (tertiary/aromatic N) is 1. The van der Waals surface area contributed by atoms with Gasteiger partial charge in [-0.1, -0.05) is 0 Å². The van der Waals surface area contributed by atoms with E-state index in [1.54, 1.807) is 0 Å². The lowest BCUT2D eigenvalue weighted by Gasteiger charge is -2.12. The van der Waals surface area contributed by atoms with Crippen molar-refractivity contribution < 1.29 is 36.2 Å². The van der Waals surface area contributed by atoms with Gasteiger partial charge in [-0.3, -0.25) is 0 Å². The Morgan fingerprint density at radius 3 is 2.32 bits per heavy atom. The monoisotopic (exact) mass is 405 g/mol. The normalized spacial score (nSPS) is 12.0. The highest BCUT2D eigenvalue weighted by molar-refractivity contribution is 5.92. The van der Waals surface area contributed by atoms with E-state index in [0.29, 0.717) is 17.0 Å². The van der Waals surface area contributed by atoms with E-state index in [0.717, 1.165) is 12.1 Å². The predicted molar refractivity (Wildman–Crippen MR) is 91.7 cm³/mol. The van der Waals surface area contributed by atoms with Crippen LogP contribution in [-0.2, 0) is 6.54 Å². The molecule has 0 spiro atoms. The molecule has 28 heavy (non-hydrogen) atoms. The standard InChI is InChI=1S/C17H16F5N3O3/c1-26-13-6-7-14(27-15(18)19)10(8-13)9-24-16(23)25-11-2-4-12(5-3-11)28-17(20,21)22/h2-8,15H,9H2,1H3,(H3,23,24,25). The first kappa shape index (κ1) is 21.1. The molecule has 0 atom stereocenters. The highest BCUT2D eigenvalue weighted by Crippen LogP contribution is 2.27. The summed E-state index contributed by atoms with van der Waals surface area (Å²) < 4.78 is 74.6. The van der Waals surface area contributed by atoms with Crippen LogP contribution in [0.4, 0.5) is 27.6 Å². The van der Waals surface area contributed by atoms with Crippen molar-refractivity contribution in [3.63, 3.8) is 0 Å². The number of alkyl halides is 5. The Labute approximate surface area is 156 Å². The van der Waals surface area contributed by atoms with Gasteiger partial charge in [-0.2, -0.15) is 8.78 Å². The predicted octanol–water partition coefficient (Wildman–Crippen LogP) is 4.12. The van der Waals surface area contributed by atoms with Crippen LogP contribution >= 0.6 is 0 Å². The third kappa shape index (κ3) is 6.82. The summed E-state index contributed by atoms with van der Waals surface area (Å²) in [6.45, 7) is -3.11. The number of anilines is 1. The van der Waals surface area contributed by atoms with Crippen molar-refractivity contribution in [3.8, 4) is 17.2 Å². The average Bonchev–Trinajstić information content (AvgIpc) is 2.61. The van der Waals surface area contributed by atoms with Gasteiger partial charge in [-0.05, 0) is 42.5 Å². The summed E-state index contributed by atoms with van der Waals surface area (Å²) in [5, 5.41) is 2.66. The van der Waals surface area contributed by atoms with Crippen LogP contribution in [0.2, 0.25) is 0 Å². The van der Waals surface area contributed by atoms with E-state index in [1.165, 1.54) is 37.4 Å². The summed E-state index contributed by atoms with van der Waals surface area (Å²) in [6, 6.07) is 9.05. The molecule has 0 aliphatic carbocycles. The first-order valence-electron chi connectivity index (χ1n) is 7.71. The van der Waals surface area contributed by atoms with Crippen molar-refractivity contribution in [2.24, 2.45) is 10.7 Å². The number of ether oxygens (including phenoxy) is 3. The van der Waals surface area contributed by atoms with Gasteiger partial charge in [0.05, 0.1) is 13.7 Å². The molecule has 3 N–H and O–H groups in total. The molecule has 6 nitrogen and oxygen atoms in total. The molecule has 2 aromatic carbocycles. The second-order valence-corrected chi connectivity index (χ2v) is 5.25. The van der Waals surface area contributed by atoms with Gasteiger partial charge >= 0.3 is 13.0 Å². The first-order valence-corrected chi connectivity index (χ1v) is 7.71. The molecule has 0 aromatic heterocycles. The Bertz CT molecular complexity index is 811. The zero-order valence-corrected chi connectivity index (χ0v) is 14.5. The van der Waals surface area contributed by atoms with Crippen molar-refractivity contribution in [2.45, 2.75) is 19.5 Å². The summed E-state index contributed by atoms with van der Waals surface area (Å²) >= 11 is 0. The number of halogens is 5. The molecule has 0 saturated carbocycles. The van der Waals surface area contributed by atoms with E-state index in [1.807, 2.05) is 0 Å². The fraction of sp³-hybridized carbons (Fsp3) is 0.235. The highest BCUT2D eigenvalue weighted by Gasteiger charge is 2.30. The van der Waals surface area contributed by atoms with Gasteiger partial charge in [-0.25, -0.2) is 4.99 Å². The smallest absolute Gasteiger partial charge is 0.497 e. The molecule has 0 bridgehead atoms. The summed E-state index contributed by atoms with van der Waals surface area (Å²) in [4.78, 5) is 4.01. The minimum absolute atomic E-state index is 0.0824. The number of aliphatic imine (C=N–C) groups is 1. The number of benzene rings is 2. The highest BCUT2D eigenvalue weighted by atomic mass is 19.4. The van der Waals surface area contributed by atoms with E-state index in [4.69, 9.17) is 10.5 Å². The van der Waals surface area contributed by atoms with Crippen LogP contribution in [0.5, 0.6) is 17.2 Å². The molecule has 11 heteroatoms. The van der Waals surface area contributed by atoms with Crippen LogP contribution in [0.3, 0.4) is 0 Å². The van der Waals surface area contributed by atoms with E-state index in [-0.39, 0.29) is 18.3 Å². The molecule has 0 aliphatic rings. The Morgan fingerprint density at radius 2 is 1.75 bits per heavy atom. The lowest BCUT2D eigenvalue weighted by molar-refractivity contribution is -0.274. The molecule has 0 fully saturated rings. The Balaban J connectivity index is 2.06. The molecule has 0 saturated heterocycles. The molecular formula is C17H16F5N3O3. The molecular weight excluding hydrogens is 389 g/mol. The Morgan fingerprint density at radius 1 is 1.11 bits per heavy atom. The van der Waals surface area contributed by atoms with Crippen LogP contribution < -0.4 is 25.3 Å². The molecule has 152 valence electrons. The zero-order valence-electron chi connectivity index (χ0n) is 14.5. The van der Waals surface area contributed by atoms with Crippen LogP contribution in [0.15, 0.2) is 47.5 Å². The number of rotatable bonds is 7.